The Hall–Kier alpha value is -2.08. The highest BCUT2D eigenvalue weighted by Crippen LogP contribution is 2.30. The number of allylic oxidation sites excluding steroid dienone is 1. The van der Waals surface area contributed by atoms with Gasteiger partial charge in [-0.05, 0) is 29.5 Å². The monoisotopic (exact) mass is 198 g/mol. The molecule has 1 aliphatic rings. The summed E-state index contributed by atoms with van der Waals surface area (Å²) in [7, 11) is 0. The summed E-state index contributed by atoms with van der Waals surface area (Å²) in [6, 6.07) is 9.33. The number of carboxylic acid groups (broad SMARTS) is 1. The molecule has 0 unspecified atom stereocenters. The number of hydrogen-bond acceptors (Lipinski definition) is 3. The largest absolute Gasteiger partial charge is 0.545 e. The zero-order valence-corrected chi connectivity index (χ0v) is 7.99. The summed E-state index contributed by atoms with van der Waals surface area (Å²) < 4.78 is 0. The van der Waals surface area contributed by atoms with Crippen LogP contribution in [-0.2, 0) is 11.2 Å². The molecule has 0 radical (unpaired) electrons. The van der Waals surface area contributed by atoms with Crippen LogP contribution in [-0.4, -0.2) is 5.97 Å². The molecule has 15 heavy (non-hydrogen) atoms. The number of aryl methyl sites for hydroxylation is 1. The molecule has 0 aliphatic heterocycles. The van der Waals surface area contributed by atoms with E-state index in [0.29, 0.717) is 12.8 Å². The van der Waals surface area contributed by atoms with Crippen LogP contribution in [0.3, 0.4) is 0 Å². The lowest BCUT2D eigenvalue weighted by molar-refractivity contribution is -0.299. The first-order chi connectivity index (χ1) is 7.24. The van der Waals surface area contributed by atoms with Crippen LogP contribution in [0.2, 0.25) is 0 Å². The molecule has 3 heteroatoms. The molecule has 74 valence electrons. The Bertz CT molecular complexity index is 495. The molecule has 0 saturated heterocycles. The zero-order valence-electron chi connectivity index (χ0n) is 7.99. The smallest absolute Gasteiger partial charge is 0.100 e. The molecule has 0 saturated carbocycles. The van der Waals surface area contributed by atoms with Gasteiger partial charge in [0.1, 0.15) is 6.07 Å². The van der Waals surface area contributed by atoms with E-state index in [0.717, 1.165) is 11.1 Å². The highest BCUT2D eigenvalue weighted by atomic mass is 16.4. The van der Waals surface area contributed by atoms with Gasteiger partial charge in [-0.1, -0.05) is 24.3 Å². The third kappa shape index (κ3) is 1.50. The van der Waals surface area contributed by atoms with Gasteiger partial charge in [-0.15, -0.1) is 0 Å². The van der Waals surface area contributed by atoms with E-state index in [1.165, 1.54) is 0 Å². The average Bonchev–Trinajstić information content (AvgIpc) is 2.27. The number of carbonyl (C=O) groups is 1. The number of nitrogens with zero attached hydrogens (tertiary/aromatic N) is 1. The molecule has 0 atom stereocenters. The van der Waals surface area contributed by atoms with E-state index in [-0.39, 0.29) is 11.1 Å². The van der Waals surface area contributed by atoms with E-state index in [1.807, 2.05) is 18.2 Å². The first kappa shape index (κ1) is 9.47. The number of aliphatic carboxylic acids is 1. The summed E-state index contributed by atoms with van der Waals surface area (Å²) in [5.41, 5.74) is 2.12. The lowest BCUT2D eigenvalue weighted by atomic mass is 9.86. The minimum atomic E-state index is -1.24. The maximum absolute atomic E-state index is 10.8. The van der Waals surface area contributed by atoms with Crippen molar-refractivity contribution < 1.29 is 9.90 Å². The second-order valence-corrected chi connectivity index (χ2v) is 3.41. The molecule has 0 spiro atoms. The van der Waals surface area contributed by atoms with Crippen LogP contribution < -0.4 is 5.11 Å². The normalized spacial score (nSPS) is 14.3. The fraction of sp³-hybridized carbons (Fsp3) is 0.167. The summed E-state index contributed by atoms with van der Waals surface area (Å²) in [5, 5.41) is 19.8. The van der Waals surface area contributed by atoms with Crippen molar-refractivity contribution >= 4 is 11.5 Å². The Balaban J connectivity index is 2.65. The van der Waals surface area contributed by atoms with Gasteiger partial charge in [0.05, 0.1) is 11.5 Å². The lowest BCUT2D eigenvalue weighted by Crippen LogP contribution is -2.27. The van der Waals surface area contributed by atoms with Crippen molar-refractivity contribution in [3.8, 4) is 6.07 Å². The molecule has 0 aromatic heterocycles. The molecule has 0 heterocycles. The molecule has 0 bridgehead atoms. The predicted molar refractivity (Wildman–Crippen MR) is 52.3 cm³/mol. The number of hydrogen-bond donors (Lipinski definition) is 0. The third-order valence-corrected chi connectivity index (χ3v) is 2.59. The van der Waals surface area contributed by atoms with E-state index in [4.69, 9.17) is 5.26 Å². The number of fused-ring (bicyclic) bond motifs is 1. The second kappa shape index (κ2) is 3.58. The molecule has 0 amide bonds. The summed E-state index contributed by atoms with van der Waals surface area (Å²) in [6.45, 7) is 0. The van der Waals surface area contributed by atoms with Gasteiger partial charge in [0.25, 0.3) is 0 Å². The van der Waals surface area contributed by atoms with Crippen molar-refractivity contribution in [2.75, 3.05) is 0 Å². The molecular weight excluding hydrogens is 190 g/mol. The number of carboxylic acids is 1. The second-order valence-electron chi connectivity index (χ2n) is 3.41. The number of benzene rings is 1. The molecule has 0 fully saturated rings. The molecular formula is C12H8NO2-. The van der Waals surface area contributed by atoms with Gasteiger partial charge in [0.2, 0.25) is 0 Å². The van der Waals surface area contributed by atoms with Crippen molar-refractivity contribution in [3.05, 3.63) is 41.0 Å². The van der Waals surface area contributed by atoms with E-state index < -0.39 is 5.97 Å². The lowest BCUT2D eigenvalue weighted by Gasteiger charge is -2.19. The Kier molecular flexibility index (Phi) is 2.26. The van der Waals surface area contributed by atoms with E-state index in [1.54, 1.807) is 12.1 Å². The highest BCUT2D eigenvalue weighted by Gasteiger charge is 2.18. The van der Waals surface area contributed by atoms with Gasteiger partial charge in [-0.3, -0.25) is 0 Å². The van der Waals surface area contributed by atoms with Crippen molar-refractivity contribution in [2.45, 2.75) is 12.8 Å². The topological polar surface area (TPSA) is 63.9 Å². The molecule has 1 aromatic carbocycles. The minimum absolute atomic E-state index is 0.121. The number of nitriles is 1. The van der Waals surface area contributed by atoms with Gasteiger partial charge >= 0.3 is 0 Å². The van der Waals surface area contributed by atoms with Gasteiger partial charge in [-0.25, -0.2) is 0 Å². The van der Waals surface area contributed by atoms with E-state index in [2.05, 4.69) is 0 Å². The number of carbonyl (C=O) groups excluding carboxylic acids is 1. The maximum Gasteiger partial charge on any atom is 0.100 e. The Morgan fingerprint density at radius 2 is 2.07 bits per heavy atom. The van der Waals surface area contributed by atoms with Crippen molar-refractivity contribution in [1.29, 1.82) is 5.26 Å². The zero-order chi connectivity index (χ0) is 10.8. The van der Waals surface area contributed by atoms with Crippen LogP contribution in [0.4, 0.5) is 0 Å². The van der Waals surface area contributed by atoms with Crippen LogP contribution >= 0.6 is 0 Å². The van der Waals surface area contributed by atoms with Crippen molar-refractivity contribution in [2.24, 2.45) is 0 Å². The highest BCUT2D eigenvalue weighted by molar-refractivity contribution is 6.00. The predicted octanol–water partition coefficient (Wildman–Crippen LogP) is 0.660. The first-order valence-corrected chi connectivity index (χ1v) is 4.67. The summed E-state index contributed by atoms with van der Waals surface area (Å²) >= 11 is 0. The molecule has 2 rings (SSSR count). The van der Waals surface area contributed by atoms with Crippen LogP contribution in [0.1, 0.15) is 17.5 Å². The van der Waals surface area contributed by atoms with Gasteiger partial charge in [0, 0.05) is 0 Å². The molecule has 1 aliphatic carbocycles. The average molecular weight is 198 g/mol. The quantitative estimate of drug-likeness (QED) is 0.665. The Morgan fingerprint density at radius 3 is 2.73 bits per heavy atom. The van der Waals surface area contributed by atoms with Crippen LogP contribution in [0.15, 0.2) is 29.8 Å². The summed E-state index contributed by atoms with van der Waals surface area (Å²) in [5.74, 6) is -1.24. The summed E-state index contributed by atoms with van der Waals surface area (Å²) in [4.78, 5) is 10.8. The molecule has 0 N–H and O–H groups in total. The maximum atomic E-state index is 10.8. The van der Waals surface area contributed by atoms with Gasteiger partial charge < -0.3 is 9.90 Å². The van der Waals surface area contributed by atoms with E-state index in [9.17, 15) is 9.90 Å². The standard InChI is InChI=1S/C12H9NO2/c13-7-11-9-4-2-1-3-8(9)5-6-10(11)12(14)15/h1-4H,5-6H2,(H,14,15)/p-1. The Morgan fingerprint density at radius 1 is 1.33 bits per heavy atom. The first-order valence-electron chi connectivity index (χ1n) is 4.67. The SMILES string of the molecule is N#CC1=C(C(=O)[O-])CCc2ccccc21. The van der Waals surface area contributed by atoms with Crippen molar-refractivity contribution in [3.63, 3.8) is 0 Å². The number of rotatable bonds is 1. The third-order valence-electron chi connectivity index (χ3n) is 2.59. The fourth-order valence-corrected chi connectivity index (χ4v) is 1.86. The van der Waals surface area contributed by atoms with Crippen molar-refractivity contribution in [1.82, 2.24) is 0 Å². The van der Waals surface area contributed by atoms with Crippen LogP contribution in [0.5, 0.6) is 0 Å². The molecule has 1 aromatic rings. The Labute approximate surface area is 87.3 Å². The van der Waals surface area contributed by atoms with Gasteiger partial charge in [0.15, 0.2) is 0 Å². The molecule has 3 nitrogen and oxygen atoms in total. The van der Waals surface area contributed by atoms with Gasteiger partial charge in [-0.2, -0.15) is 5.26 Å². The summed E-state index contributed by atoms with van der Waals surface area (Å²) in [6.07, 6.45) is 1.03. The van der Waals surface area contributed by atoms with Crippen LogP contribution in [0.25, 0.3) is 5.57 Å². The van der Waals surface area contributed by atoms with Crippen LogP contribution in [0, 0.1) is 11.3 Å². The minimum Gasteiger partial charge on any atom is -0.545 e. The fourth-order valence-electron chi connectivity index (χ4n) is 1.86. The van der Waals surface area contributed by atoms with E-state index >= 15 is 0 Å².